The molecule has 0 saturated heterocycles. The van der Waals surface area contributed by atoms with Gasteiger partial charge in [0, 0.05) is 19.2 Å². The summed E-state index contributed by atoms with van der Waals surface area (Å²) in [6, 6.07) is 1.41. The number of hydrogen-bond donors (Lipinski definition) is 1. The highest BCUT2D eigenvalue weighted by Gasteiger charge is 2.26. The monoisotopic (exact) mass is 211 g/mol. The number of hydrogen-bond acceptors (Lipinski definition) is 2. The molecule has 0 aliphatic heterocycles. The molecule has 2 aliphatic rings. The first-order valence-corrected chi connectivity index (χ1v) is 6.69. The molecule has 2 heteroatoms. The van der Waals surface area contributed by atoms with Crippen LogP contribution in [0.2, 0.25) is 0 Å². The van der Waals surface area contributed by atoms with Crippen LogP contribution in [0.25, 0.3) is 0 Å². The molecular weight excluding hydrogens is 186 g/mol. The van der Waals surface area contributed by atoms with E-state index in [1.165, 1.54) is 57.8 Å². The Balaban J connectivity index is 1.85. The molecule has 0 aromatic heterocycles. The van der Waals surface area contributed by atoms with Gasteiger partial charge in [0.05, 0.1) is 6.10 Å². The highest BCUT2D eigenvalue weighted by molar-refractivity contribution is 4.85. The van der Waals surface area contributed by atoms with Gasteiger partial charge in [-0.1, -0.05) is 32.1 Å². The van der Waals surface area contributed by atoms with Crippen molar-refractivity contribution in [1.82, 2.24) is 5.32 Å². The lowest BCUT2D eigenvalue weighted by molar-refractivity contribution is 0.0592. The number of ether oxygens (including phenoxy) is 1. The van der Waals surface area contributed by atoms with Gasteiger partial charge in [-0.25, -0.2) is 0 Å². The molecule has 0 radical (unpaired) electrons. The van der Waals surface area contributed by atoms with Gasteiger partial charge in [0.1, 0.15) is 0 Å². The van der Waals surface area contributed by atoms with Gasteiger partial charge >= 0.3 is 0 Å². The van der Waals surface area contributed by atoms with Crippen molar-refractivity contribution in [2.24, 2.45) is 0 Å². The molecular formula is C13H25NO. The van der Waals surface area contributed by atoms with Gasteiger partial charge in [-0.05, 0) is 25.7 Å². The molecule has 2 nitrogen and oxygen atoms in total. The van der Waals surface area contributed by atoms with E-state index in [0.717, 1.165) is 6.04 Å². The SMILES string of the molecule is COC1CCCCCC1NC1CCCC1. The first-order valence-electron chi connectivity index (χ1n) is 6.69. The van der Waals surface area contributed by atoms with Crippen molar-refractivity contribution in [3.63, 3.8) is 0 Å². The Hall–Kier alpha value is -0.0800. The summed E-state index contributed by atoms with van der Waals surface area (Å²) in [5.41, 5.74) is 0. The lowest BCUT2D eigenvalue weighted by atomic mass is 10.0. The highest BCUT2D eigenvalue weighted by Crippen LogP contribution is 2.24. The second-order valence-corrected chi connectivity index (χ2v) is 5.17. The van der Waals surface area contributed by atoms with Crippen molar-refractivity contribution in [3.8, 4) is 0 Å². The molecule has 0 bridgehead atoms. The fourth-order valence-electron chi connectivity index (χ4n) is 3.14. The van der Waals surface area contributed by atoms with Crippen LogP contribution in [0.1, 0.15) is 57.8 Å². The standard InChI is InChI=1S/C13H25NO/c1-15-13-10-4-2-3-9-12(13)14-11-7-5-6-8-11/h11-14H,2-10H2,1H3. The van der Waals surface area contributed by atoms with E-state index in [0.29, 0.717) is 12.1 Å². The molecule has 0 aromatic carbocycles. The Bertz CT molecular complexity index is 177. The maximum absolute atomic E-state index is 5.63. The Morgan fingerprint density at radius 3 is 2.27 bits per heavy atom. The zero-order valence-corrected chi connectivity index (χ0v) is 10.0. The van der Waals surface area contributed by atoms with Gasteiger partial charge in [0.25, 0.3) is 0 Å². The van der Waals surface area contributed by atoms with Crippen LogP contribution in [0, 0.1) is 0 Å². The van der Waals surface area contributed by atoms with Gasteiger partial charge in [0.15, 0.2) is 0 Å². The first kappa shape index (κ1) is 11.4. The summed E-state index contributed by atoms with van der Waals surface area (Å²) >= 11 is 0. The molecule has 0 spiro atoms. The molecule has 2 rings (SSSR count). The maximum atomic E-state index is 5.63. The zero-order chi connectivity index (χ0) is 10.5. The summed E-state index contributed by atoms with van der Waals surface area (Å²) in [4.78, 5) is 0. The predicted molar refractivity (Wildman–Crippen MR) is 63.1 cm³/mol. The summed E-state index contributed by atoms with van der Waals surface area (Å²) in [5.74, 6) is 0. The molecule has 0 amide bonds. The molecule has 2 aliphatic carbocycles. The molecule has 88 valence electrons. The fraction of sp³-hybridized carbons (Fsp3) is 1.00. The van der Waals surface area contributed by atoms with Crippen molar-refractivity contribution >= 4 is 0 Å². The van der Waals surface area contributed by atoms with Crippen LogP contribution < -0.4 is 5.32 Å². The smallest absolute Gasteiger partial charge is 0.0724 e. The highest BCUT2D eigenvalue weighted by atomic mass is 16.5. The molecule has 2 unspecified atom stereocenters. The van der Waals surface area contributed by atoms with E-state index in [-0.39, 0.29) is 0 Å². The van der Waals surface area contributed by atoms with E-state index < -0.39 is 0 Å². The van der Waals surface area contributed by atoms with E-state index in [4.69, 9.17) is 4.74 Å². The second kappa shape index (κ2) is 5.86. The molecule has 15 heavy (non-hydrogen) atoms. The third-order valence-electron chi connectivity index (χ3n) is 4.06. The van der Waals surface area contributed by atoms with E-state index in [2.05, 4.69) is 5.32 Å². The summed E-state index contributed by atoms with van der Waals surface area (Å²) in [5, 5.41) is 3.83. The molecule has 0 aromatic rings. The van der Waals surface area contributed by atoms with Crippen LogP contribution in [0.5, 0.6) is 0 Å². The summed E-state index contributed by atoms with van der Waals surface area (Å²) < 4.78 is 5.63. The predicted octanol–water partition coefficient (Wildman–Crippen LogP) is 2.87. The Morgan fingerprint density at radius 1 is 0.867 bits per heavy atom. The van der Waals surface area contributed by atoms with Crippen molar-refractivity contribution in [2.75, 3.05) is 7.11 Å². The molecule has 2 saturated carbocycles. The number of methoxy groups -OCH3 is 1. The Morgan fingerprint density at radius 2 is 1.53 bits per heavy atom. The van der Waals surface area contributed by atoms with Crippen LogP contribution in [-0.2, 0) is 4.74 Å². The second-order valence-electron chi connectivity index (χ2n) is 5.17. The van der Waals surface area contributed by atoms with E-state index in [9.17, 15) is 0 Å². The maximum Gasteiger partial charge on any atom is 0.0724 e. The van der Waals surface area contributed by atoms with E-state index >= 15 is 0 Å². The third-order valence-corrected chi connectivity index (χ3v) is 4.06. The van der Waals surface area contributed by atoms with Gasteiger partial charge in [-0.15, -0.1) is 0 Å². The summed E-state index contributed by atoms with van der Waals surface area (Å²) in [6.45, 7) is 0. The van der Waals surface area contributed by atoms with Crippen molar-refractivity contribution in [2.45, 2.75) is 76.0 Å². The quantitative estimate of drug-likeness (QED) is 0.725. The van der Waals surface area contributed by atoms with Crippen LogP contribution in [0.15, 0.2) is 0 Å². The largest absolute Gasteiger partial charge is 0.380 e. The number of nitrogens with one attached hydrogen (secondary N) is 1. The summed E-state index contributed by atoms with van der Waals surface area (Å²) in [7, 11) is 1.87. The van der Waals surface area contributed by atoms with Crippen molar-refractivity contribution in [1.29, 1.82) is 0 Å². The number of rotatable bonds is 3. The lowest BCUT2D eigenvalue weighted by Crippen LogP contribution is -2.44. The molecule has 0 heterocycles. The molecule has 2 fully saturated rings. The van der Waals surface area contributed by atoms with Crippen molar-refractivity contribution in [3.05, 3.63) is 0 Å². The van der Waals surface area contributed by atoms with E-state index in [1.54, 1.807) is 0 Å². The normalized spacial score (nSPS) is 34.2. The minimum atomic E-state index is 0.466. The van der Waals surface area contributed by atoms with Crippen LogP contribution >= 0.6 is 0 Å². The van der Waals surface area contributed by atoms with Gasteiger partial charge in [-0.2, -0.15) is 0 Å². The fourth-order valence-corrected chi connectivity index (χ4v) is 3.14. The van der Waals surface area contributed by atoms with Crippen LogP contribution in [0.4, 0.5) is 0 Å². The minimum Gasteiger partial charge on any atom is -0.380 e. The molecule has 1 N–H and O–H groups in total. The van der Waals surface area contributed by atoms with Gasteiger partial charge < -0.3 is 10.1 Å². The summed E-state index contributed by atoms with van der Waals surface area (Å²) in [6.07, 6.45) is 12.8. The first-order chi connectivity index (χ1) is 7.40. The van der Waals surface area contributed by atoms with E-state index in [1.807, 2.05) is 7.11 Å². The lowest BCUT2D eigenvalue weighted by Gasteiger charge is -2.28. The zero-order valence-electron chi connectivity index (χ0n) is 10.0. The minimum absolute atomic E-state index is 0.466. The Kier molecular flexibility index (Phi) is 4.45. The van der Waals surface area contributed by atoms with Crippen molar-refractivity contribution < 1.29 is 4.74 Å². The molecule has 2 atom stereocenters. The van der Waals surface area contributed by atoms with Gasteiger partial charge in [0.2, 0.25) is 0 Å². The van der Waals surface area contributed by atoms with Crippen LogP contribution in [-0.4, -0.2) is 25.3 Å². The topological polar surface area (TPSA) is 21.3 Å². The average Bonchev–Trinajstić information content (AvgIpc) is 2.64. The van der Waals surface area contributed by atoms with Crippen LogP contribution in [0.3, 0.4) is 0 Å². The van der Waals surface area contributed by atoms with Gasteiger partial charge in [-0.3, -0.25) is 0 Å². The average molecular weight is 211 g/mol. The Labute approximate surface area is 93.8 Å². The third kappa shape index (κ3) is 3.18.